The molecule has 0 saturated carbocycles. The van der Waals surface area contributed by atoms with Crippen LogP contribution in [0.2, 0.25) is 0 Å². The fourth-order valence-corrected chi connectivity index (χ4v) is 6.72. The number of carbonyl (C=O) groups excluding carboxylic acids is 1. The number of phosphoric ester groups is 1. The number of unbranched alkanes of at least 4 members (excludes halogenated alkanes) is 11. The summed E-state index contributed by atoms with van der Waals surface area (Å²) in [4.78, 5) is 25.3. The van der Waals surface area contributed by atoms with Gasteiger partial charge in [0.25, 0.3) is 7.82 Å². The van der Waals surface area contributed by atoms with Crippen LogP contribution in [-0.4, -0.2) is 68.5 Å². The zero-order chi connectivity index (χ0) is 45.7. The van der Waals surface area contributed by atoms with E-state index in [1.807, 2.05) is 40.2 Å². The van der Waals surface area contributed by atoms with Crippen LogP contribution in [-0.2, 0) is 18.4 Å². The van der Waals surface area contributed by atoms with E-state index in [1.54, 1.807) is 6.08 Å². The van der Waals surface area contributed by atoms with Gasteiger partial charge in [0.05, 0.1) is 39.9 Å². The Labute approximate surface area is 380 Å². The molecule has 0 radical (unpaired) electrons. The van der Waals surface area contributed by atoms with Crippen molar-refractivity contribution in [3.05, 3.63) is 122 Å². The Morgan fingerprint density at radius 2 is 1.02 bits per heavy atom. The highest BCUT2D eigenvalue weighted by molar-refractivity contribution is 7.45. The van der Waals surface area contributed by atoms with Gasteiger partial charge in [0, 0.05) is 6.42 Å². The highest BCUT2D eigenvalue weighted by atomic mass is 31.2. The van der Waals surface area contributed by atoms with Crippen LogP contribution in [0.25, 0.3) is 0 Å². The van der Waals surface area contributed by atoms with Gasteiger partial charge in [-0.1, -0.05) is 173 Å². The maximum atomic E-state index is 12.8. The highest BCUT2D eigenvalue weighted by Crippen LogP contribution is 2.38. The number of nitrogens with zero attached hydrogens (tertiary/aromatic N) is 1. The largest absolute Gasteiger partial charge is 0.756 e. The highest BCUT2D eigenvalue weighted by Gasteiger charge is 2.23. The lowest BCUT2D eigenvalue weighted by Gasteiger charge is -2.29. The van der Waals surface area contributed by atoms with Crippen LogP contribution in [0.5, 0.6) is 0 Å². The second-order valence-electron chi connectivity index (χ2n) is 16.7. The van der Waals surface area contributed by atoms with Crippen LogP contribution in [0.15, 0.2) is 122 Å². The number of nitrogens with one attached hydrogen (secondary N) is 1. The van der Waals surface area contributed by atoms with Crippen LogP contribution in [0.4, 0.5) is 0 Å². The Morgan fingerprint density at radius 1 is 0.597 bits per heavy atom. The third kappa shape index (κ3) is 44.9. The molecular formula is C53H89N2O6P. The molecule has 0 aromatic carbocycles. The molecule has 1 amide bonds. The maximum absolute atomic E-state index is 12.8. The minimum atomic E-state index is -4.60. The molecule has 62 heavy (non-hydrogen) atoms. The Hall–Kier alpha value is -3.10. The lowest BCUT2D eigenvalue weighted by atomic mass is 10.1. The van der Waals surface area contributed by atoms with Crippen molar-refractivity contribution in [2.24, 2.45) is 0 Å². The molecule has 0 bridgehead atoms. The molecule has 2 N–H and O–H groups in total. The fourth-order valence-electron chi connectivity index (χ4n) is 5.99. The topological polar surface area (TPSA) is 108 Å². The molecule has 0 aliphatic carbocycles. The molecule has 0 aromatic heterocycles. The Balaban J connectivity index is 4.18. The number of likely N-dealkylation sites (N-methyl/N-ethyl adjacent to an activating group) is 1. The molecule has 3 atom stereocenters. The Kier molecular flexibility index (Phi) is 41.0. The maximum Gasteiger partial charge on any atom is 0.268 e. The van der Waals surface area contributed by atoms with Crippen molar-refractivity contribution in [1.82, 2.24) is 5.32 Å². The summed E-state index contributed by atoms with van der Waals surface area (Å²) in [7, 11) is 1.20. The van der Waals surface area contributed by atoms with Gasteiger partial charge in [0.15, 0.2) is 0 Å². The first-order valence-corrected chi connectivity index (χ1v) is 25.3. The number of quaternary nitrogens is 1. The van der Waals surface area contributed by atoms with E-state index in [9.17, 15) is 19.4 Å². The molecule has 9 heteroatoms. The molecular weight excluding hydrogens is 792 g/mol. The summed E-state index contributed by atoms with van der Waals surface area (Å²) < 4.78 is 23.1. The van der Waals surface area contributed by atoms with Crippen molar-refractivity contribution in [2.45, 2.75) is 167 Å². The lowest BCUT2D eigenvalue weighted by Crippen LogP contribution is -2.45. The minimum Gasteiger partial charge on any atom is -0.756 e. The van der Waals surface area contributed by atoms with Crippen LogP contribution >= 0.6 is 7.82 Å². The van der Waals surface area contributed by atoms with Gasteiger partial charge in [-0.2, -0.15) is 0 Å². The molecule has 0 spiro atoms. The SMILES string of the molecule is C/C=C/CC/C=C/CC/C=C/C(O)C(COP(=O)([O-])OCC[N+](C)(C)C)NC(=O)CCCCCCCCCCC/C=C\C/C=C\C/C=C\C/C=C\C/C=C\C/C=C\C/C=C\CC. The van der Waals surface area contributed by atoms with E-state index in [0.29, 0.717) is 17.4 Å². The summed E-state index contributed by atoms with van der Waals surface area (Å²) in [5.41, 5.74) is 0. The van der Waals surface area contributed by atoms with Gasteiger partial charge in [-0.25, -0.2) is 0 Å². The van der Waals surface area contributed by atoms with Gasteiger partial charge < -0.3 is 28.8 Å². The first-order valence-electron chi connectivity index (χ1n) is 23.9. The van der Waals surface area contributed by atoms with Gasteiger partial charge in [-0.15, -0.1) is 0 Å². The predicted octanol–water partition coefficient (Wildman–Crippen LogP) is 13.2. The van der Waals surface area contributed by atoms with Crippen LogP contribution in [0.3, 0.4) is 0 Å². The average molecular weight is 881 g/mol. The zero-order valence-corrected chi connectivity index (χ0v) is 40.7. The molecule has 0 rings (SSSR count). The number of aliphatic hydroxyl groups excluding tert-OH is 1. The summed E-state index contributed by atoms with van der Waals surface area (Å²) in [6, 6.07) is -0.919. The number of hydrogen-bond acceptors (Lipinski definition) is 6. The standard InChI is InChI=1S/C53H89N2O6P/c1-6-8-10-12-14-16-17-18-19-20-21-22-23-24-25-26-27-28-29-30-31-32-33-34-35-36-37-39-41-43-45-47-53(57)54-51(50-61-62(58,59)60-49-48-55(3,4)5)52(56)46-44-42-40-38-15-13-11-9-7-2/h7-10,14-16,18-19,21-22,24-25,27-28,30-31,38,44,46,51-52,56H,6,11-13,17,20,23,26,29,32-37,39-43,45,47-50H2,1-5H3,(H-,54,57,58,59)/b9-7+,10-8-,16-14-,19-18-,22-21-,25-24-,28-27-,31-30-,38-15+,46-44+. The Bertz CT molecular complexity index is 1410. The van der Waals surface area contributed by atoms with Gasteiger partial charge in [0.1, 0.15) is 13.2 Å². The number of carbonyl (C=O) groups is 1. The van der Waals surface area contributed by atoms with Crippen molar-refractivity contribution >= 4 is 13.7 Å². The van der Waals surface area contributed by atoms with Crippen LogP contribution in [0, 0.1) is 0 Å². The third-order valence-corrected chi connectivity index (χ3v) is 10.7. The number of amides is 1. The first kappa shape index (κ1) is 58.9. The van der Waals surface area contributed by atoms with Crippen LogP contribution in [0.1, 0.15) is 155 Å². The number of hydrogen-bond donors (Lipinski definition) is 2. The fraction of sp³-hybridized carbons (Fsp3) is 0.604. The summed E-state index contributed by atoms with van der Waals surface area (Å²) >= 11 is 0. The number of aliphatic hydroxyl groups is 1. The minimum absolute atomic E-state index is 0.0174. The van der Waals surface area contributed by atoms with Gasteiger partial charge in [-0.05, 0) is 96.8 Å². The second-order valence-corrected chi connectivity index (χ2v) is 18.1. The second kappa shape index (κ2) is 43.2. The number of allylic oxidation sites excluding steroid dienone is 19. The number of phosphoric acid groups is 1. The normalized spacial score (nSPS) is 15.3. The molecule has 3 unspecified atom stereocenters. The quantitative estimate of drug-likeness (QED) is 0.0274. The van der Waals surface area contributed by atoms with E-state index in [-0.39, 0.29) is 12.5 Å². The van der Waals surface area contributed by atoms with Crippen molar-refractivity contribution in [3.63, 3.8) is 0 Å². The summed E-state index contributed by atoms with van der Waals surface area (Å²) in [5, 5.41) is 13.7. The summed E-state index contributed by atoms with van der Waals surface area (Å²) in [6.07, 6.45) is 64.3. The van der Waals surface area contributed by atoms with Crippen molar-refractivity contribution in [1.29, 1.82) is 0 Å². The van der Waals surface area contributed by atoms with E-state index in [0.717, 1.165) is 103 Å². The van der Waals surface area contributed by atoms with Crippen molar-refractivity contribution in [2.75, 3.05) is 40.9 Å². The van der Waals surface area contributed by atoms with Gasteiger partial charge in [0.2, 0.25) is 5.91 Å². The average Bonchev–Trinajstić information content (AvgIpc) is 3.23. The zero-order valence-electron chi connectivity index (χ0n) is 39.8. The third-order valence-electron chi connectivity index (χ3n) is 9.73. The van der Waals surface area contributed by atoms with Gasteiger partial charge >= 0.3 is 0 Å². The molecule has 352 valence electrons. The smallest absolute Gasteiger partial charge is 0.268 e. The first-order chi connectivity index (χ1) is 30.0. The van der Waals surface area contributed by atoms with Gasteiger partial charge in [-0.3, -0.25) is 9.36 Å². The molecule has 0 aliphatic rings. The van der Waals surface area contributed by atoms with Crippen molar-refractivity contribution < 1.29 is 32.9 Å². The summed E-state index contributed by atoms with van der Waals surface area (Å²) in [6.45, 7) is 4.23. The van der Waals surface area contributed by atoms with E-state index in [4.69, 9.17) is 9.05 Å². The van der Waals surface area contributed by atoms with E-state index in [1.165, 1.54) is 32.1 Å². The van der Waals surface area contributed by atoms with E-state index >= 15 is 0 Å². The van der Waals surface area contributed by atoms with Crippen molar-refractivity contribution in [3.8, 4) is 0 Å². The molecule has 0 heterocycles. The van der Waals surface area contributed by atoms with Crippen LogP contribution < -0.4 is 10.2 Å². The Morgan fingerprint density at radius 3 is 1.50 bits per heavy atom. The monoisotopic (exact) mass is 881 g/mol. The molecule has 8 nitrogen and oxygen atoms in total. The molecule has 0 saturated heterocycles. The number of rotatable bonds is 41. The molecule has 0 aromatic rings. The molecule has 0 aliphatic heterocycles. The van der Waals surface area contributed by atoms with E-state index in [2.05, 4.69) is 116 Å². The summed E-state index contributed by atoms with van der Waals surface area (Å²) in [5.74, 6) is -0.229. The molecule has 0 fully saturated rings. The predicted molar refractivity (Wildman–Crippen MR) is 265 cm³/mol. The lowest BCUT2D eigenvalue weighted by molar-refractivity contribution is -0.870. The van der Waals surface area contributed by atoms with E-state index < -0.39 is 26.6 Å².